The first-order chi connectivity index (χ1) is 14.3. The number of hydrogen-bond donors (Lipinski definition) is 2. The molecule has 6 nitrogen and oxygen atoms in total. The Morgan fingerprint density at radius 1 is 1.27 bits per heavy atom. The minimum absolute atomic E-state index is 0.000265. The highest BCUT2D eigenvalue weighted by atomic mass is 35.5. The molecule has 1 fully saturated rings. The average molecular weight is 434 g/mol. The lowest BCUT2D eigenvalue weighted by atomic mass is 9.92. The van der Waals surface area contributed by atoms with Crippen molar-refractivity contribution in [1.29, 1.82) is 0 Å². The Labute approximate surface area is 181 Å². The predicted molar refractivity (Wildman–Crippen MR) is 115 cm³/mol. The van der Waals surface area contributed by atoms with Gasteiger partial charge in [0.2, 0.25) is 0 Å². The molecule has 3 rings (SSSR count). The van der Waals surface area contributed by atoms with Crippen LogP contribution in [0.1, 0.15) is 84.1 Å². The van der Waals surface area contributed by atoms with E-state index in [1.165, 1.54) is 6.07 Å². The van der Waals surface area contributed by atoms with Gasteiger partial charge in [-0.2, -0.15) is 0 Å². The first-order valence-corrected chi connectivity index (χ1v) is 10.7. The molecule has 0 bridgehead atoms. The van der Waals surface area contributed by atoms with Crippen molar-refractivity contribution < 1.29 is 23.8 Å². The van der Waals surface area contributed by atoms with Crippen molar-refractivity contribution in [2.75, 3.05) is 7.11 Å². The van der Waals surface area contributed by atoms with E-state index in [1.807, 2.05) is 13.0 Å². The summed E-state index contributed by atoms with van der Waals surface area (Å²) in [6.45, 7) is 3.66. The summed E-state index contributed by atoms with van der Waals surface area (Å²) in [7, 11) is 1.55. The number of ketones is 1. The van der Waals surface area contributed by atoms with Crippen LogP contribution in [0.4, 0.5) is 0 Å². The van der Waals surface area contributed by atoms with Gasteiger partial charge in [-0.25, -0.2) is 0 Å². The Morgan fingerprint density at radius 3 is 2.57 bits per heavy atom. The zero-order valence-electron chi connectivity index (χ0n) is 17.5. The van der Waals surface area contributed by atoms with Gasteiger partial charge in [0.25, 0.3) is 5.91 Å². The van der Waals surface area contributed by atoms with E-state index in [9.17, 15) is 14.7 Å². The minimum Gasteiger partial charge on any atom is -0.495 e. The summed E-state index contributed by atoms with van der Waals surface area (Å²) in [6.07, 6.45) is 2.79. The number of furan rings is 1. The fourth-order valence-corrected chi connectivity index (χ4v) is 4.07. The third kappa shape index (κ3) is 4.87. The van der Waals surface area contributed by atoms with Crippen molar-refractivity contribution in [2.24, 2.45) is 0 Å². The number of hydrogen-bond acceptors (Lipinski definition) is 5. The second-order valence-electron chi connectivity index (χ2n) is 7.76. The monoisotopic (exact) mass is 433 g/mol. The van der Waals surface area contributed by atoms with E-state index in [0.29, 0.717) is 34.9 Å². The van der Waals surface area contributed by atoms with Gasteiger partial charge in [0.1, 0.15) is 11.5 Å². The van der Waals surface area contributed by atoms with Crippen LogP contribution in [0.25, 0.3) is 0 Å². The van der Waals surface area contributed by atoms with E-state index < -0.39 is 0 Å². The normalized spacial score (nSPS) is 19.9. The van der Waals surface area contributed by atoms with Crippen LogP contribution in [0.2, 0.25) is 5.02 Å². The maximum Gasteiger partial charge on any atom is 0.255 e. The summed E-state index contributed by atoms with van der Waals surface area (Å²) in [4.78, 5) is 25.3. The Balaban J connectivity index is 1.90. The number of benzene rings is 1. The Kier molecular flexibility index (Phi) is 7.21. The highest BCUT2D eigenvalue weighted by Gasteiger charge is 2.28. The molecule has 2 N–H and O–H groups in total. The molecule has 1 aromatic heterocycles. The second kappa shape index (κ2) is 9.67. The summed E-state index contributed by atoms with van der Waals surface area (Å²) in [6, 6.07) is 6.94. The molecule has 1 aromatic carbocycles. The number of Topliss-reactive ketones (excluding diaryl/α,β-unsaturated/α-hetero) is 1. The average Bonchev–Trinajstić information content (AvgIpc) is 3.20. The summed E-state index contributed by atoms with van der Waals surface area (Å²) >= 11 is 6.27. The molecule has 2 aromatic rings. The molecule has 0 radical (unpaired) electrons. The minimum atomic E-state index is -0.295. The topological polar surface area (TPSA) is 88.8 Å². The van der Waals surface area contributed by atoms with Crippen LogP contribution in [0.15, 0.2) is 28.7 Å². The van der Waals surface area contributed by atoms with Crippen LogP contribution in [-0.4, -0.2) is 36.1 Å². The summed E-state index contributed by atoms with van der Waals surface area (Å²) in [5.74, 6) is 0.462. The number of aliphatic hydroxyl groups excluding tert-OH is 1. The van der Waals surface area contributed by atoms with Crippen molar-refractivity contribution >= 4 is 23.3 Å². The molecule has 0 unspecified atom stereocenters. The number of carbonyl (C=O) groups is 2. The van der Waals surface area contributed by atoms with Crippen molar-refractivity contribution in [1.82, 2.24) is 5.32 Å². The Morgan fingerprint density at radius 2 is 1.97 bits per heavy atom. The van der Waals surface area contributed by atoms with E-state index in [0.717, 1.165) is 18.4 Å². The Hall–Kier alpha value is -2.31. The molecule has 162 valence electrons. The number of ether oxygens (including phenoxy) is 1. The number of halogens is 1. The van der Waals surface area contributed by atoms with Crippen molar-refractivity contribution in [3.8, 4) is 5.75 Å². The summed E-state index contributed by atoms with van der Waals surface area (Å²) in [5.41, 5.74) is 1.21. The van der Waals surface area contributed by atoms with Crippen molar-refractivity contribution in [3.05, 3.63) is 51.9 Å². The smallest absolute Gasteiger partial charge is 0.255 e. The molecule has 1 atom stereocenters. The van der Waals surface area contributed by atoms with Gasteiger partial charge in [-0.3, -0.25) is 9.59 Å². The first kappa shape index (κ1) is 22.4. The van der Waals surface area contributed by atoms with E-state index in [-0.39, 0.29) is 41.9 Å². The molecular formula is C23H28ClNO5. The Bertz CT molecular complexity index is 914. The molecule has 1 heterocycles. The quantitative estimate of drug-likeness (QED) is 0.617. The van der Waals surface area contributed by atoms with Gasteiger partial charge in [-0.1, -0.05) is 31.5 Å². The van der Waals surface area contributed by atoms with Gasteiger partial charge in [0, 0.05) is 24.4 Å². The number of amides is 1. The molecule has 0 aliphatic heterocycles. The molecule has 1 aliphatic rings. The van der Waals surface area contributed by atoms with Gasteiger partial charge in [0.15, 0.2) is 11.5 Å². The van der Waals surface area contributed by atoms with Crippen LogP contribution < -0.4 is 10.1 Å². The molecule has 1 amide bonds. The molecule has 0 spiro atoms. The predicted octanol–water partition coefficient (Wildman–Crippen LogP) is 4.72. The lowest BCUT2D eigenvalue weighted by Gasteiger charge is -2.26. The standard InChI is InChI=1S/C23H28ClNO5/c1-4-19(27)21-12-17(23(28)25-15-6-8-16(26)9-7-15)22(30-21)13(2)14-5-10-20(29-3)18(24)11-14/h5,10-13,15-16,26H,4,6-9H2,1-3H3,(H,25,28)/t13-,15?,16?/m0/s1. The molecule has 1 saturated carbocycles. The van der Waals surface area contributed by atoms with Gasteiger partial charge < -0.3 is 19.6 Å². The zero-order chi connectivity index (χ0) is 21.8. The fourth-order valence-electron chi connectivity index (χ4n) is 3.80. The van der Waals surface area contributed by atoms with Gasteiger partial charge in [0.05, 0.1) is 23.8 Å². The number of nitrogens with one attached hydrogen (secondary N) is 1. The third-order valence-electron chi connectivity index (χ3n) is 5.70. The zero-order valence-corrected chi connectivity index (χ0v) is 18.3. The maximum atomic E-state index is 13.1. The van der Waals surface area contributed by atoms with Crippen molar-refractivity contribution in [3.63, 3.8) is 0 Å². The number of methoxy groups -OCH3 is 1. The summed E-state index contributed by atoms with van der Waals surface area (Å²) in [5, 5.41) is 13.2. The van der Waals surface area contributed by atoms with Crippen molar-refractivity contribution in [2.45, 2.75) is 64.0 Å². The van der Waals surface area contributed by atoms with E-state index in [1.54, 1.807) is 26.2 Å². The highest BCUT2D eigenvalue weighted by molar-refractivity contribution is 6.32. The largest absolute Gasteiger partial charge is 0.495 e. The van der Waals surface area contributed by atoms with Gasteiger partial charge in [-0.05, 0) is 43.4 Å². The third-order valence-corrected chi connectivity index (χ3v) is 6.00. The van der Waals surface area contributed by atoms with E-state index in [2.05, 4.69) is 5.32 Å². The number of rotatable bonds is 7. The number of carbonyl (C=O) groups excluding carboxylic acids is 2. The molecule has 30 heavy (non-hydrogen) atoms. The van der Waals surface area contributed by atoms with Crippen LogP contribution in [0.3, 0.4) is 0 Å². The SMILES string of the molecule is CCC(=O)c1cc(C(=O)NC2CCC(O)CC2)c([C@@H](C)c2ccc(OC)c(Cl)c2)o1. The molecule has 0 saturated heterocycles. The van der Waals surface area contributed by atoms with Crippen LogP contribution in [0, 0.1) is 0 Å². The van der Waals surface area contributed by atoms with Crippen LogP contribution in [0.5, 0.6) is 5.75 Å². The van der Waals surface area contributed by atoms with Crippen LogP contribution >= 0.6 is 11.6 Å². The van der Waals surface area contributed by atoms with Gasteiger partial charge >= 0.3 is 0 Å². The highest BCUT2D eigenvalue weighted by Crippen LogP contribution is 2.34. The number of aliphatic hydroxyl groups is 1. The summed E-state index contributed by atoms with van der Waals surface area (Å²) < 4.78 is 11.1. The molecule has 7 heteroatoms. The van der Waals surface area contributed by atoms with E-state index >= 15 is 0 Å². The fraction of sp³-hybridized carbons (Fsp3) is 0.478. The lowest BCUT2D eigenvalue weighted by molar-refractivity contribution is 0.0865. The second-order valence-corrected chi connectivity index (χ2v) is 8.17. The van der Waals surface area contributed by atoms with Crippen LogP contribution in [-0.2, 0) is 0 Å². The van der Waals surface area contributed by atoms with E-state index in [4.69, 9.17) is 20.8 Å². The lowest BCUT2D eigenvalue weighted by Crippen LogP contribution is -2.38. The first-order valence-electron chi connectivity index (χ1n) is 10.3. The maximum absolute atomic E-state index is 13.1. The molecular weight excluding hydrogens is 406 g/mol. The molecule has 1 aliphatic carbocycles. The van der Waals surface area contributed by atoms with Gasteiger partial charge in [-0.15, -0.1) is 0 Å².